The van der Waals surface area contributed by atoms with Gasteiger partial charge in [-0.1, -0.05) is 17.8 Å². The molecule has 0 spiro atoms. The highest BCUT2D eigenvalue weighted by molar-refractivity contribution is 7.99. The van der Waals surface area contributed by atoms with Crippen molar-refractivity contribution in [3.8, 4) is 5.75 Å². The molecule has 5 nitrogen and oxygen atoms in total. The van der Waals surface area contributed by atoms with Crippen molar-refractivity contribution < 1.29 is 14.6 Å². The molecule has 0 atom stereocenters. The highest BCUT2D eigenvalue weighted by Crippen LogP contribution is 2.31. The second-order valence-corrected chi connectivity index (χ2v) is 4.77. The van der Waals surface area contributed by atoms with E-state index in [1.54, 1.807) is 7.11 Å². The van der Waals surface area contributed by atoms with E-state index in [-0.39, 0.29) is 5.56 Å². The van der Waals surface area contributed by atoms with Crippen LogP contribution in [0.5, 0.6) is 5.75 Å². The molecule has 2 aromatic rings. The summed E-state index contributed by atoms with van der Waals surface area (Å²) in [6, 6.07) is 8.72. The summed E-state index contributed by atoms with van der Waals surface area (Å²) in [4.78, 5) is 16.1. The molecular formula is C13H12N2O3S. The fraction of sp³-hybridized carbons (Fsp3) is 0.0769. The van der Waals surface area contributed by atoms with Gasteiger partial charge in [-0.25, -0.2) is 9.78 Å². The maximum Gasteiger partial charge on any atom is 0.338 e. The van der Waals surface area contributed by atoms with Gasteiger partial charge in [-0.3, -0.25) is 0 Å². The van der Waals surface area contributed by atoms with Crippen molar-refractivity contribution >= 4 is 23.4 Å². The molecule has 0 bridgehead atoms. The zero-order chi connectivity index (χ0) is 13.8. The van der Waals surface area contributed by atoms with Gasteiger partial charge in [-0.2, -0.15) is 0 Å². The Morgan fingerprint density at radius 1 is 1.42 bits per heavy atom. The largest absolute Gasteiger partial charge is 0.497 e. The van der Waals surface area contributed by atoms with Crippen LogP contribution in [-0.4, -0.2) is 23.2 Å². The predicted molar refractivity (Wildman–Crippen MR) is 72.7 cm³/mol. The molecular weight excluding hydrogens is 264 g/mol. The van der Waals surface area contributed by atoms with Crippen LogP contribution < -0.4 is 10.5 Å². The first-order chi connectivity index (χ1) is 9.10. The minimum atomic E-state index is -1.05. The Labute approximate surface area is 114 Å². The van der Waals surface area contributed by atoms with Gasteiger partial charge in [0.1, 0.15) is 10.8 Å². The summed E-state index contributed by atoms with van der Waals surface area (Å²) in [6.45, 7) is 0. The van der Waals surface area contributed by atoms with Gasteiger partial charge in [0.25, 0.3) is 0 Å². The second kappa shape index (κ2) is 5.62. The highest BCUT2D eigenvalue weighted by atomic mass is 32.2. The molecule has 2 rings (SSSR count). The third-order valence-electron chi connectivity index (χ3n) is 2.36. The number of rotatable bonds is 4. The van der Waals surface area contributed by atoms with Gasteiger partial charge in [0.05, 0.1) is 24.6 Å². The number of nitrogen functional groups attached to an aromatic ring is 1. The van der Waals surface area contributed by atoms with Crippen LogP contribution in [0.3, 0.4) is 0 Å². The third kappa shape index (κ3) is 3.17. The highest BCUT2D eigenvalue weighted by Gasteiger charge is 2.13. The number of hydrogen-bond donors (Lipinski definition) is 2. The van der Waals surface area contributed by atoms with E-state index >= 15 is 0 Å². The van der Waals surface area contributed by atoms with E-state index in [4.69, 9.17) is 15.6 Å². The van der Waals surface area contributed by atoms with Crippen LogP contribution in [0.25, 0.3) is 0 Å². The monoisotopic (exact) mass is 276 g/mol. The van der Waals surface area contributed by atoms with Crippen molar-refractivity contribution in [2.75, 3.05) is 12.8 Å². The fourth-order valence-electron chi connectivity index (χ4n) is 1.48. The zero-order valence-corrected chi connectivity index (χ0v) is 11.0. The summed E-state index contributed by atoms with van der Waals surface area (Å²) in [5.41, 5.74) is 5.97. The van der Waals surface area contributed by atoms with Gasteiger partial charge in [0, 0.05) is 4.90 Å². The Morgan fingerprint density at radius 2 is 2.21 bits per heavy atom. The van der Waals surface area contributed by atoms with E-state index in [1.807, 2.05) is 24.3 Å². The van der Waals surface area contributed by atoms with Crippen molar-refractivity contribution in [3.63, 3.8) is 0 Å². The molecule has 1 heterocycles. The minimum Gasteiger partial charge on any atom is -0.497 e. The van der Waals surface area contributed by atoms with Crippen molar-refractivity contribution in [2.45, 2.75) is 9.92 Å². The Bertz CT molecular complexity index is 617. The number of hydrogen-bond acceptors (Lipinski definition) is 5. The van der Waals surface area contributed by atoms with E-state index in [0.29, 0.717) is 16.5 Å². The van der Waals surface area contributed by atoms with Crippen molar-refractivity contribution in [3.05, 3.63) is 42.1 Å². The van der Waals surface area contributed by atoms with Crippen LogP contribution in [0.2, 0.25) is 0 Å². The van der Waals surface area contributed by atoms with E-state index < -0.39 is 5.97 Å². The Balaban J connectivity index is 2.34. The van der Waals surface area contributed by atoms with Crippen molar-refractivity contribution in [2.24, 2.45) is 0 Å². The summed E-state index contributed by atoms with van der Waals surface area (Å²) in [5, 5.41) is 9.53. The Hall–Kier alpha value is -2.21. The fourth-order valence-corrected chi connectivity index (χ4v) is 2.39. The first kappa shape index (κ1) is 13.2. The number of nitrogens with two attached hydrogens (primary N) is 1. The van der Waals surface area contributed by atoms with Gasteiger partial charge in [-0.05, 0) is 24.3 Å². The molecule has 0 saturated heterocycles. The number of benzene rings is 1. The molecule has 98 valence electrons. The molecule has 6 heteroatoms. The number of anilines is 1. The SMILES string of the molecule is COc1cccc(Sc2ncc(N)cc2C(=O)O)c1. The zero-order valence-electron chi connectivity index (χ0n) is 10.2. The van der Waals surface area contributed by atoms with E-state index in [1.165, 1.54) is 24.0 Å². The topological polar surface area (TPSA) is 85.4 Å². The van der Waals surface area contributed by atoms with E-state index in [9.17, 15) is 4.79 Å². The molecule has 0 unspecified atom stereocenters. The Kier molecular flexibility index (Phi) is 3.91. The quantitative estimate of drug-likeness (QED) is 0.892. The molecule has 0 aliphatic rings. The molecule has 19 heavy (non-hydrogen) atoms. The smallest absolute Gasteiger partial charge is 0.338 e. The number of nitrogens with zero attached hydrogens (tertiary/aromatic N) is 1. The summed E-state index contributed by atoms with van der Waals surface area (Å²) in [7, 11) is 1.58. The van der Waals surface area contributed by atoms with Gasteiger partial charge in [0.15, 0.2) is 0 Å². The van der Waals surface area contributed by atoms with Crippen LogP contribution >= 0.6 is 11.8 Å². The average molecular weight is 276 g/mol. The number of ether oxygens (including phenoxy) is 1. The van der Waals surface area contributed by atoms with Gasteiger partial charge in [0.2, 0.25) is 0 Å². The summed E-state index contributed by atoms with van der Waals surface area (Å²) in [6.07, 6.45) is 1.44. The normalized spacial score (nSPS) is 10.2. The lowest BCUT2D eigenvalue weighted by Crippen LogP contribution is -2.02. The van der Waals surface area contributed by atoms with E-state index in [2.05, 4.69) is 4.98 Å². The molecule has 0 amide bonds. The lowest BCUT2D eigenvalue weighted by Gasteiger charge is -2.07. The average Bonchev–Trinajstić information content (AvgIpc) is 2.41. The van der Waals surface area contributed by atoms with E-state index in [0.717, 1.165) is 4.90 Å². The maximum absolute atomic E-state index is 11.2. The summed E-state index contributed by atoms with van der Waals surface area (Å²) >= 11 is 1.25. The van der Waals surface area contributed by atoms with Crippen LogP contribution in [0, 0.1) is 0 Å². The number of carboxylic acids is 1. The molecule has 1 aromatic carbocycles. The molecule has 3 N–H and O–H groups in total. The van der Waals surface area contributed by atoms with Crippen LogP contribution in [0.4, 0.5) is 5.69 Å². The lowest BCUT2D eigenvalue weighted by molar-refractivity contribution is 0.0692. The molecule has 1 aromatic heterocycles. The van der Waals surface area contributed by atoms with Gasteiger partial charge < -0.3 is 15.6 Å². The molecule has 0 radical (unpaired) electrons. The van der Waals surface area contributed by atoms with Gasteiger partial charge in [-0.15, -0.1) is 0 Å². The van der Waals surface area contributed by atoms with Crippen molar-refractivity contribution in [1.82, 2.24) is 4.98 Å². The number of methoxy groups -OCH3 is 1. The van der Waals surface area contributed by atoms with Crippen LogP contribution in [0.15, 0.2) is 46.5 Å². The number of carboxylic acid groups (broad SMARTS) is 1. The van der Waals surface area contributed by atoms with Crippen molar-refractivity contribution in [1.29, 1.82) is 0 Å². The minimum absolute atomic E-state index is 0.0906. The van der Waals surface area contributed by atoms with Crippen LogP contribution in [0.1, 0.15) is 10.4 Å². The van der Waals surface area contributed by atoms with Crippen LogP contribution in [-0.2, 0) is 0 Å². The molecule has 0 saturated carbocycles. The number of carbonyl (C=O) groups is 1. The second-order valence-electron chi connectivity index (χ2n) is 3.71. The van der Waals surface area contributed by atoms with Gasteiger partial charge >= 0.3 is 5.97 Å². The lowest BCUT2D eigenvalue weighted by atomic mass is 10.3. The molecule has 0 aliphatic heterocycles. The predicted octanol–water partition coefficient (Wildman–Crippen LogP) is 2.52. The number of pyridine rings is 1. The number of aromatic nitrogens is 1. The third-order valence-corrected chi connectivity index (χ3v) is 3.37. The first-order valence-electron chi connectivity index (χ1n) is 5.41. The summed E-state index contributed by atoms with van der Waals surface area (Å²) < 4.78 is 5.12. The molecule has 0 aliphatic carbocycles. The maximum atomic E-state index is 11.2. The first-order valence-corrected chi connectivity index (χ1v) is 6.22. The molecule has 0 fully saturated rings. The number of aromatic carboxylic acids is 1. The standard InChI is InChI=1S/C13H12N2O3S/c1-18-9-3-2-4-10(6-9)19-12-11(13(16)17)5-8(14)7-15-12/h2-7H,14H2,1H3,(H,16,17). The summed E-state index contributed by atoms with van der Waals surface area (Å²) in [5.74, 6) is -0.345. The Morgan fingerprint density at radius 3 is 2.89 bits per heavy atom.